The Morgan fingerprint density at radius 3 is 2.43 bits per heavy atom. The van der Waals surface area contributed by atoms with Crippen LogP contribution in [-0.4, -0.2) is 55.2 Å². The Balaban J connectivity index is 2.32. The number of hydrogen-bond acceptors (Lipinski definition) is 4. The van der Waals surface area contributed by atoms with E-state index in [1.165, 1.54) is 4.31 Å². The highest BCUT2D eigenvalue weighted by Gasteiger charge is 2.36. The molecule has 1 aliphatic heterocycles. The van der Waals surface area contributed by atoms with Crippen LogP contribution in [0.15, 0.2) is 30.3 Å². The second kappa shape index (κ2) is 6.03. The Kier molecular flexibility index (Phi) is 4.53. The number of hydrogen-bond donors (Lipinski definition) is 1. The number of sulfonamides is 1. The fourth-order valence-corrected chi connectivity index (χ4v) is 3.77. The topological polar surface area (TPSA) is 77.9 Å². The predicted molar refractivity (Wildman–Crippen MR) is 80.8 cm³/mol. The van der Waals surface area contributed by atoms with Crippen molar-refractivity contribution < 1.29 is 18.3 Å². The molecule has 21 heavy (non-hydrogen) atoms. The molecule has 1 unspecified atom stereocenters. The number of piperazine rings is 1. The number of carbonyl (C=O) groups is 1. The van der Waals surface area contributed by atoms with Crippen LogP contribution in [0.2, 0.25) is 0 Å². The van der Waals surface area contributed by atoms with E-state index >= 15 is 0 Å². The van der Waals surface area contributed by atoms with Crippen molar-refractivity contribution in [2.75, 3.05) is 24.2 Å². The zero-order valence-corrected chi connectivity index (χ0v) is 13.0. The van der Waals surface area contributed by atoms with E-state index in [1.54, 1.807) is 0 Å². The van der Waals surface area contributed by atoms with Crippen LogP contribution in [-0.2, 0) is 14.8 Å². The molecule has 1 aromatic carbocycles. The van der Waals surface area contributed by atoms with E-state index in [4.69, 9.17) is 5.11 Å². The van der Waals surface area contributed by atoms with Gasteiger partial charge < -0.3 is 10.0 Å². The summed E-state index contributed by atoms with van der Waals surface area (Å²) in [6.45, 7) is 2.48. The summed E-state index contributed by atoms with van der Waals surface area (Å²) in [6.07, 6.45) is 1.07. The van der Waals surface area contributed by atoms with Gasteiger partial charge in [0.05, 0.1) is 18.7 Å². The number of anilines is 1. The molecule has 2 rings (SSSR count). The largest absolute Gasteiger partial charge is 0.481 e. The Labute approximate surface area is 125 Å². The molecule has 116 valence electrons. The Hall–Kier alpha value is -1.60. The van der Waals surface area contributed by atoms with Gasteiger partial charge in [0.2, 0.25) is 10.0 Å². The lowest BCUT2D eigenvalue weighted by Gasteiger charge is -2.45. The van der Waals surface area contributed by atoms with Gasteiger partial charge in [-0.1, -0.05) is 18.2 Å². The quantitative estimate of drug-likeness (QED) is 0.897. The van der Waals surface area contributed by atoms with Crippen molar-refractivity contribution in [3.05, 3.63) is 30.3 Å². The van der Waals surface area contributed by atoms with Crippen LogP contribution < -0.4 is 4.90 Å². The Morgan fingerprint density at radius 2 is 1.90 bits per heavy atom. The first kappa shape index (κ1) is 15.8. The summed E-state index contributed by atoms with van der Waals surface area (Å²) in [4.78, 5) is 13.1. The van der Waals surface area contributed by atoms with Crippen LogP contribution in [0.1, 0.15) is 13.3 Å². The van der Waals surface area contributed by atoms with E-state index in [0.29, 0.717) is 6.54 Å². The van der Waals surface area contributed by atoms with Crippen molar-refractivity contribution in [1.29, 1.82) is 0 Å². The third-order valence-corrected chi connectivity index (χ3v) is 4.92. The highest BCUT2D eigenvalue weighted by atomic mass is 32.2. The smallest absolute Gasteiger partial charge is 0.305 e. The van der Waals surface area contributed by atoms with Crippen molar-refractivity contribution in [2.45, 2.75) is 25.4 Å². The highest BCUT2D eigenvalue weighted by Crippen LogP contribution is 2.27. The molecule has 0 bridgehead atoms. The third-order valence-electron chi connectivity index (χ3n) is 3.68. The number of aliphatic carboxylic acids is 1. The molecular weight excluding hydrogens is 292 g/mol. The molecule has 0 spiro atoms. The van der Waals surface area contributed by atoms with Crippen LogP contribution >= 0.6 is 0 Å². The molecule has 6 nitrogen and oxygen atoms in total. The molecule has 0 amide bonds. The van der Waals surface area contributed by atoms with Crippen LogP contribution in [0, 0.1) is 0 Å². The van der Waals surface area contributed by atoms with E-state index in [-0.39, 0.29) is 25.0 Å². The van der Waals surface area contributed by atoms with Crippen LogP contribution in [0.3, 0.4) is 0 Å². The Bertz CT molecular complexity index is 603. The molecule has 7 heteroatoms. The third kappa shape index (κ3) is 3.74. The zero-order valence-electron chi connectivity index (χ0n) is 12.1. The van der Waals surface area contributed by atoms with Gasteiger partial charge in [0.1, 0.15) is 0 Å². The number of rotatable bonds is 4. The summed E-state index contributed by atoms with van der Waals surface area (Å²) < 4.78 is 24.9. The number of carboxylic acids is 1. The average molecular weight is 312 g/mol. The molecule has 1 aliphatic rings. The van der Waals surface area contributed by atoms with Crippen molar-refractivity contribution >= 4 is 21.7 Å². The summed E-state index contributed by atoms with van der Waals surface area (Å²) in [7, 11) is -3.32. The normalized spacial score (nSPS) is 24.0. The lowest BCUT2D eigenvalue weighted by molar-refractivity contribution is -0.137. The summed E-state index contributed by atoms with van der Waals surface area (Å²) in [5, 5.41) is 9.11. The first-order valence-electron chi connectivity index (χ1n) is 6.79. The second-order valence-corrected chi connectivity index (χ2v) is 7.41. The van der Waals surface area contributed by atoms with Crippen molar-refractivity contribution in [3.63, 3.8) is 0 Å². The van der Waals surface area contributed by atoms with Gasteiger partial charge in [-0.05, 0) is 19.1 Å². The molecule has 1 saturated heterocycles. The number of nitrogens with zero attached hydrogens (tertiary/aromatic N) is 2. The van der Waals surface area contributed by atoms with Crippen LogP contribution in [0.5, 0.6) is 0 Å². The van der Waals surface area contributed by atoms with Gasteiger partial charge >= 0.3 is 5.97 Å². The molecule has 1 N–H and O–H groups in total. The maximum atomic E-state index is 11.8. The van der Waals surface area contributed by atoms with E-state index in [2.05, 4.69) is 0 Å². The maximum absolute atomic E-state index is 11.8. The van der Waals surface area contributed by atoms with Crippen LogP contribution in [0.25, 0.3) is 0 Å². The lowest BCUT2D eigenvalue weighted by atomic mass is 10.0. The summed E-state index contributed by atoms with van der Waals surface area (Å²) >= 11 is 0. The summed E-state index contributed by atoms with van der Waals surface area (Å²) in [5.74, 6) is -0.927. The van der Waals surface area contributed by atoms with E-state index < -0.39 is 16.0 Å². The average Bonchev–Trinajstić information content (AvgIpc) is 2.37. The number of carboxylic acid groups (broad SMARTS) is 1. The van der Waals surface area contributed by atoms with Crippen LogP contribution in [0.4, 0.5) is 5.69 Å². The van der Waals surface area contributed by atoms with Crippen molar-refractivity contribution in [2.24, 2.45) is 0 Å². The monoisotopic (exact) mass is 312 g/mol. The van der Waals surface area contributed by atoms with Gasteiger partial charge in [-0.2, -0.15) is 4.31 Å². The van der Waals surface area contributed by atoms with E-state index in [1.807, 2.05) is 42.2 Å². The van der Waals surface area contributed by atoms with Gasteiger partial charge in [0.25, 0.3) is 0 Å². The lowest BCUT2D eigenvalue weighted by Crippen LogP contribution is -2.59. The minimum atomic E-state index is -3.32. The van der Waals surface area contributed by atoms with Gasteiger partial charge in [-0.15, -0.1) is 0 Å². The van der Waals surface area contributed by atoms with Crippen molar-refractivity contribution in [1.82, 2.24) is 4.31 Å². The van der Waals surface area contributed by atoms with Crippen molar-refractivity contribution in [3.8, 4) is 0 Å². The molecular formula is C14H20N2O4S. The Morgan fingerprint density at radius 1 is 1.29 bits per heavy atom. The van der Waals surface area contributed by atoms with Gasteiger partial charge in [-0.3, -0.25) is 4.79 Å². The summed E-state index contributed by atoms with van der Waals surface area (Å²) in [6, 6.07) is 9.06. The molecule has 0 aromatic heterocycles. The van der Waals surface area contributed by atoms with E-state index in [0.717, 1.165) is 11.9 Å². The second-order valence-electron chi connectivity index (χ2n) is 5.42. The number of para-hydroxylation sites is 1. The zero-order chi connectivity index (χ0) is 15.6. The highest BCUT2D eigenvalue weighted by molar-refractivity contribution is 7.88. The standard InChI is InChI=1S/C14H20N2O4S/c1-11-9-15(21(2,19)20)10-13(8-14(17)18)16(11)12-6-4-3-5-7-12/h3-7,11,13H,8-10H2,1-2H3,(H,17,18)/t11-,13?/m0/s1. The molecule has 0 aliphatic carbocycles. The molecule has 1 aromatic rings. The minimum Gasteiger partial charge on any atom is -0.481 e. The SMILES string of the molecule is C[C@H]1CN(S(C)(=O)=O)CC(CC(=O)O)N1c1ccccc1. The van der Waals surface area contributed by atoms with Gasteiger partial charge in [-0.25, -0.2) is 8.42 Å². The molecule has 0 saturated carbocycles. The molecule has 0 radical (unpaired) electrons. The van der Waals surface area contributed by atoms with E-state index in [9.17, 15) is 13.2 Å². The van der Waals surface area contributed by atoms with Gasteiger partial charge in [0, 0.05) is 24.8 Å². The number of benzene rings is 1. The predicted octanol–water partition coefficient (Wildman–Crippen LogP) is 1.00. The minimum absolute atomic E-state index is 0.0831. The molecule has 1 fully saturated rings. The fraction of sp³-hybridized carbons (Fsp3) is 0.500. The first-order valence-corrected chi connectivity index (χ1v) is 8.64. The summed E-state index contributed by atoms with van der Waals surface area (Å²) in [5.41, 5.74) is 0.921. The van der Waals surface area contributed by atoms with Gasteiger partial charge in [0.15, 0.2) is 0 Å². The molecule has 1 heterocycles. The first-order chi connectivity index (χ1) is 9.79. The maximum Gasteiger partial charge on any atom is 0.305 e. The fourth-order valence-electron chi connectivity index (χ4n) is 2.84. The molecule has 2 atom stereocenters.